The van der Waals surface area contributed by atoms with Crippen molar-refractivity contribution >= 4 is 0 Å². The summed E-state index contributed by atoms with van der Waals surface area (Å²) in [5.74, 6) is 0. The summed E-state index contributed by atoms with van der Waals surface area (Å²) in [6.45, 7) is 5.87. The van der Waals surface area contributed by atoms with Crippen molar-refractivity contribution < 1.29 is 5.11 Å². The normalized spacial score (nSPS) is 34.5. The molecule has 0 radical (unpaired) electrons. The van der Waals surface area contributed by atoms with Crippen LogP contribution in [0.2, 0.25) is 0 Å². The maximum Gasteiger partial charge on any atom is 0.0874 e. The second kappa shape index (κ2) is 5.42. The minimum Gasteiger partial charge on any atom is -0.390 e. The summed E-state index contributed by atoms with van der Waals surface area (Å²) >= 11 is 0. The number of hydrogen-bond acceptors (Lipinski definition) is 5. The van der Waals surface area contributed by atoms with Crippen molar-refractivity contribution in [3.63, 3.8) is 0 Å². The number of hydrogen-bond donors (Lipinski definition) is 3. The van der Waals surface area contributed by atoms with Crippen LogP contribution in [0.1, 0.15) is 0 Å². The Labute approximate surface area is 97.8 Å². The highest BCUT2D eigenvalue weighted by Crippen LogP contribution is 2.13. The number of aliphatic hydroxyl groups excluding tert-OH is 1. The molecule has 0 aromatic carbocycles. The van der Waals surface area contributed by atoms with Crippen LogP contribution < -0.4 is 10.6 Å². The van der Waals surface area contributed by atoms with E-state index in [0.29, 0.717) is 0 Å². The first-order valence-corrected chi connectivity index (χ1v) is 6.20. The summed E-state index contributed by atoms with van der Waals surface area (Å²) in [5.41, 5.74) is 0. The van der Waals surface area contributed by atoms with Crippen LogP contribution in [0, 0.1) is 0 Å². The maximum atomic E-state index is 10.5. The molecule has 16 heavy (non-hydrogen) atoms. The van der Waals surface area contributed by atoms with Crippen molar-refractivity contribution in [1.82, 2.24) is 20.4 Å². The van der Waals surface area contributed by atoms with E-state index in [2.05, 4.69) is 34.5 Å². The predicted octanol–water partition coefficient (Wildman–Crippen LogP) is -1.85. The minimum absolute atomic E-state index is 0.237. The van der Waals surface area contributed by atoms with Gasteiger partial charge in [-0.1, -0.05) is 0 Å². The molecule has 0 aromatic heterocycles. The minimum atomic E-state index is -0.282. The summed E-state index contributed by atoms with van der Waals surface area (Å²) < 4.78 is 0. The fourth-order valence-electron chi connectivity index (χ4n) is 2.67. The standard InChI is InChI=1S/C11H24N4O/c1-14-5-3-12-7-9(14)11(16)10-8-13-4-6-15(10)2/h9-13,16H,3-8H2,1-2H3/t9-,10-/m0/s1. The molecule has 2 saturated heterocycles. The molecule has 2 atom stereocenters. The molecule has 2 heterocycles. The van der Waals surface area contributed by atoms with E-state index in [1.54, 1.807) is 0 Å². The molecule has 0 unspecified atom stereocenters. The zero-order valence-electron chi connectivity index (χ0n) is 10.3. The Morgan fingerprint density at radius 3 is 1.81 bits per heavy atom. The lowest BCUT2D eigenvalue weighted by atomic mass is 9.98. The molecule has 0 aromatic rings. The topological polar surface area (TPSA) is 50.8 Å². The first-order valence-electron chi connectivity index (χ1n) is 6.20. The highest BCUT2D eigenvalue weighted by molar-refractivity contribution is 4.93. The average molecular weight is 228 g/mol. The third-order valence-electron chi connectivity index (χ3n) is 3.91. The Hall–Kier alpha value is -0.200. The Morgan fingerprint density at radius 2 is 1.44 bits per heavy atom. The van der Waals surface area contributed by atoms with E-state index in [0.717, 1.165) is 39.3 Å². The van der Waals surface area contributed by atoms with Crippen molar-refractivity contribution in [2.45, 2.75) is 18.2 Å². The van der Waals surface area contributed by atoms with Crippen LogP contribution in [0.4, 0.5) is 0 Å². The number of likely N-dealkylation sites (N-methyl/N-ethyl adjacent to an activating group) is 2. The number of piperazine rings is 2. The van der Waals surface area contributed by atoms with Crippen LogP contribution in [-0.2, 0) is 0 Å². The fourth-order valence-corrected chi connectivity index (χ4v) is 2.67. The smallest absolute Gasteiger partial charge is 0.0874 e. The van der Waals surface area contributed by atoms with Gasteiger partial charge in [0.25, 0.3) is 0 Å². The molecular formula is C11H24N4O. The molecule has 3 N–H and O–H groups in total. The lowest BCUT2D eigenvalue weighted by molar-refractivity contribution is -0.0161. The Bertz CT molecular complexity index is 204. The number of nitrogens with zero attached hydrogens (tertiary/aromatic N) is 2. The van der Waals surface area contributed by atoms with E-state index in [4.69, 9.17) is 0 Å². The van der Waals surface area contributed by atoms with E-state index in [-0.39, 0.29) is 18.2 Å². The quantitative estimate of drug-likeness (QED) is 0.518. The fraction of sp³-hybridized carbons (Fsp3) is 1.00. The van der Waals surface area contributed by atoms with Gasteiger partial charge in [-0.25, -0.2) is 0 Å². The molecular weight excluding hydrogens is 204 g/mol. The van der Waals surface area contributed by atoms with Gasteiger partial charge in [0.05, 0.1) is 6.10 Å². The first-order chi connectivity index (χ1) is 7.70. The third kappa shape index (κ3) is 2.55. The molecule has 0 bridgehead atoms. The molecule has 0 spiro atoms. The van der Waals surface area contributed by atoms with Gasteiger partial charge in [0.2, 0.25) is 0 Å². The largest absolute Gasteiger partial charge is 0.390 e. The van der Waals surface area contributed by atoms with Crippen LogP contribution in [0.15, 0.2) is 0 Å². The van der Waals surface area contributed by atoms with E-state index < -0.39 is 0 Å². The average Bonchev–Trinajstić information content (AvgIpc) is 2.29. The highest BCUT2D eigenvalue weighted by Gasteiger charge is 2.34. The molecule has 2 aliphatic rings. The molecule has 5 heteroatoms. The summed E-state index contributed by atoms with van der Waals surface area (Å²) in [4.78, 5) is 4.53. The number of rotatable bonds is 2. The second-order valence-electron chi connectivity index (χ2n) is 4.99. The molecule has 0 amide bonds. The predicted molar refractivity (Wildman–Crippen MR) is 64.6 cm³/mol. The van der Waals surface area contributed by atoms with Crippen LogP contribution in [0.25, 0.3) is 0 Å². The molecule has 2 aliphatic heterocycles. The Balaban J connectivity index is 1.96. The van der Waals surface area contributed by atoms with Crippen LogP contribution in [-0.4, -0.2) is 86.5 Å². The van der Waals surface area contributed by atoms with Gasteiger partial charge in [0, 0.05) is 51.4 Å². The lowest BCUT2D eigenvalue weighted by Gasteiger charge is -2.43. The molecule has 0 aliphatic carbocycles. The highest BCUT2D eigenvalue weighted by atomic mass is 16.3. The van der Waals surface area contributed by atoms with Crippen molar-refractivity contribution in [1.29, 1.82) is 0 Å². The summed E-state index contributed by atoms with van der Waals surface area (Å²) in [7, 11) is 4.20. The zero-order valence-corrected chi connectivity index (χ0v) is 10.3. The molecule has 2 fully saturated rings. The molecule has 0 saturated carbocycles. The molecule has 94 valence electrons. The van der Waals surface area contributed by atoms with Crippen LogP contribution >= 0.6 is 0 Å². The van der Waals surface area contributed by atoms with Gasteiger partial charge >= 0.3 is 0 Å². The van der Waals surface area contributed by atoms with Gasteiger partial charge in [0.15, 0.2) is 0 Å². The zero-order chi connectivity index (χ0) is 11.5. The molecule has 2 rings (SSSR count). The van der Waals surface area contributed by atoms with E-state index in [1.165, 1.54) is 0 Å². The van der Waals surface area contributed by atoms with Crippen LogP contribution in [0.3, 0.4) is 0 Å². The van der Waals surface area contributed by atoms with Gasteiger partial charge < -0.3 is 15.7 Å². The summed E-state index contributed by atoms with van der Waals surface area (Å²) in [5, 5.41) is 17.2. The first kappa shape index (κ1) is 12.3. The Kier molecular flexibility index (Phi) is 4.16. The number of nitrogens with one attached hydrogen (secondary N) is 2. The lowest BCUT2D eigenvalue weighted by Crippen LogP contribution is -2.63. The van der Waals surface area contributed by atoms with Gasteiger partial charge in [-0.3, -0.25) is 9.80 Å². The molecule has 5 nitrogen and oxygen atoms in total. The summed E-state index contributed by atoms with van der Waals surface area (Å²) in [6, 6.07) is 0.474. The second-order valence-corrected chi connectivity index (χ2v) is 4.99. The van der Waals surface area contributed by atoms with Crippen molar-refractivity contribution in [2.24, 2.45) is 0 Å². The Morgan fingerprint density at radius 1 is 1.00 bits per heavy atom. The van der Waals surface area contributed by atoms with Gasteiger partial charge in [-0.05, 0) is 14.1 Å². The van der Waals surface area contributed by atoms with E-state index >= 15 is 0 Å². The van der Waals surface area contributed by atoms with Crippen LogP contribution in [0.5, 0.6) is 0 Å². The van der Waals surface area contributed by atoms with Crippen molar-refractivity contribution in [3.8, 4) is 0 Å². The number of aliphatic hydroxyl groups is 1. The van der Waals surface area contributed by atoms with Gasteiger partial charge in [-0.15, -0.1) is 0 Å². The van der Waals surface area contributed by atoms with Crippen molar-refractivity contribution in [2.75, 3.05) is 53.4 Å². The van der Waals surface area contributed by atoms with E-state index in [9.17, 15) is 5.11 Å². The monoisotopic (exact) mass is 228 g/mol. The third-order valence-corrected chi connectivity index (χ3v) is 3.91. The van der Waals surface area contributed by atoms with E-state index in [1.807, 2.05) is 0 Å². The van der Waals surface area contributed by atoms with Gasteiger partial charge in [-0.2, -0.15) is 0 Å². The van der Waals surface area contributed by atoms with Crippen molar-refractivity contribution in [3.05, 3.63) is 0 Å². The maximum absolute atomic E-state index is 10.5. The van der Waals surface area contributed by atoms with Gasteiger partial charge in [0.1, 0.15) is 0 Å². The summed E-state index contributed by atoms with van der Waals surface area (Å²) in [6.07, 6.45) is -0.282. The SMILES string of the molecule is CN1CCNC[C@H]1C(O)[C@@H]1CNCCN1C.